The van der Waals surface area contributed by atoms with Crippen LogP contribution in [0.1, 0.15) is 51.4 Å². The normalized spacial score (nSPS) is 18.9. The molecule has 0 atom stereocenters. The number of hydrogen-bond donors (Lipinski definition) is 2. The fourth-order valence-corrected chi connectivity index (χ4v) is 4.21. The predicted octanol–water partition coefficient (Wildman–Crippen LogP) is 3.49. The molecule has 2 N–H and O–H groups in total. The molecule has 0 spiro atoms. The second kappa shape index (κ2) is 14.0. The van der Waals surface area contributed by atoms with E-state index in [9.17, 15) is 0 Å². The molecule has 0 aliphatic carbocycles. The van der Waals surface area contributed by atoms with Crippen molar-refractivity contribution in [3.8, 4) is 0 Å². The van der Waals surface area contributed by atoms with Gasteiger partial charge in [-0.25, -0.2) is 4.98 Å². The van der Waals surface area contributed by atoms with Gasteiger partial charge in [-0.2, -0.15) is 0 Å². The van der Waals surface area contributed by atoms with Crippen molar-refractivity contribution in [1.29, 1.82) is 0 Å². The van der Waals surface area contributed by atoms with Crippen molar-refractivity contribution in [3.05, 3.63) is 24.4 Å². The minimum absolute atomic E-state index is 0. The summed E-state index contributed by atoms with van der Waals surface area (Å²) in [4.78, 5) is 13.9. The Morgan fingerprint density at radius 3 is 2.55 bits per heavy atom. The van der Waals surface area contributed by atoms with Gasteiger partial charge in [0, 0.05) is 38.9 Å². The quantitative estimate of drug-likeness (QED) is 0.241. The SMILES string of the molecule is CN=C(NCCCCCN1CCCCC1)NC1CCN(c2ccccn2)CC1.I. The summed E-state index contributed by atoms with van der Waals surface area (Å²) >= 11 is 0. The Bertz CT molecular complexity index is 568. The van der Waals surface area contributed by atoms with Gasteiger partial charge >= 0.3 is 0 Å². The zero-order valence-electron chi connectivity index (χ0n) is 18.0. The Kier molecular flexibility index (Phi) is 11.7. The number of nitrogens with one attached hydrogen (secondary N) is 2. The second-order valence-corrected chi connectivity index (χ2v) is 8.06. The van der Waals surface area contributed by atoms with Gasteiger partial charge in [0.15, 0.2) is 5.96 Å². The fourth-order valence-electron chi connectivity index (χ4n) is 4.21. The molecule has 0 saturated carbocycles. The second-order valence-electron chi connectivity index (χ2n) is 8.06. The van der Waals surface area contributed by atoms with Crippen LogP contribution < -0.4 is 15.5 Å². The van der Waals surface area contributed by atoms with Gasteiger partial charge < -0.3 is 20.4 Å². The minimum atomic E-state index is 0. The highest BCUT2D eigenvalue weighted by molar-refractivity contribution is 14.0. The third-order valence-electron chi connectivity index (χ3n) is 5.92. The molecular weight excluding hydrogens is 475 g/mol. The summed E-state index contributed by atoms with van der Waals surface area (Å²) in [6, 6.07) is 6.62. The maximum absolute atomic E-state index is 4.47. The maximum Gasteiger partial charge on any atom is 0.191 e. The molecule has 3 rings (SSSR count). The van der Waals surface area contributed by atoms with Crippen LogP contribution in [-0.4, -0.2) is 68.2 Å². The van der Waals surface area contributed by atoms with Crippen molar-refractivity contribution in [2.75, 3.05) is 51.2 Å². The van der Waals surface area contributed by atoms with Crippen LogP contribution in [0.15, 0.2) is 29.4 Å². The van der Waals surface area contributed by atoms with E-state index in [1.165, 1.54) is 58.2 Å². The van der Waals surface area contributed by atoms with Crippen LogP contribution in [0.2, 0.25) is 0 Å². The summed E-state index contributed by atoms with van der Waals surface area (Å²) in [5, 5.41) is 7.10. The molecule has 0 amide bonds. The van der Waals surface area contributed by atoms with Gasteiger partial charge in [0.1, 0.15) is 5.82 Å². The molecule has 0 unspecified atom stereocenters. The fraction of sp³-hybridized carbons (Fsp3) is 0.727. The summed E-state index contributed by atoms with van der Waals surface area (Å²) in [5.74, 6) is 2.04. The van der Waals surface area contributed by atoms with E-state index < -0.39 is 0 Å². The molecule has 29 heavy (non-hydrogen) atoms. The van der Waals surface area contributed by atoms with E-state index in [2.05, 4.69) is 42.5 Å². The highest BCUT2D eigenvalue weighted by Crippen LogP contribution is 2.17. The topological polar surface area (TPSA) is 55.8 Å². The van der Waals surface area contributed by atoms with Gasteiger partial charge in [-0.3, -0.25) is 4.99 Å². The molecule has 0 bridgehead atoms. The Hall–Kier alpha value is -1.09. The average Bonchev–Trinajstić information content (AvgIpc) is 2.77. The third kappa shape index (κ3) is 8.66. The van der Waals surface area contributed by atoms with Crippen LogP contribution in [0.3, 0.4) is 0 Å². The molecular formula is C22H39IN6. The largest absolute Gasteiger partial charge is 0.356 e. The molecule has 2 aliphatic rings. The number of nitrogens with zero attached hydrogens (tertiary/aromatic N) is 4. The van der Waals surface area contributed by atoms with Crippen molar-refractivity contribution < 1.29 is 0 Å². The predicted molar refractivity (Wildman–Crippen MR) is 134 cm³/mol. The van der Waals surface area contributed by atoms with E-state index in [0.29, 0.717) is 6.04 Å². The molecule has 2 aliphatic heterocycles. The van der Waals surface area contributed by atoms with Crippen molar-refractivity contribution in [3.63, 3.8) is 0 Å². The Morgan fingerprint density at radius 1 is 1.07 bits per heavy atom. The van der Waals surface area contributed by atoms with Gasteiger partial charge in [0.25, 0.3) is 0 Å². The van der Waals surface area contributed by atoms with Crippen LogP contribution >= 0.6 is 24.0 Å². The molecule has 0 radical (unpaired) electrons. The summed E-state index contributed by atoms with van der Waals surface area (Å²) in [6.45, 7) is 7.00. The first-order chi connectivity index (χ1) is 13.8. The number of unbranched alkanes of at least 4 members (excludes halogenated alkanes) is 2. The Labute approximate surface area is 194 Å². The monoisotopic (exact) mass is 514 g/mol. The number of halogens is 1. The van der Waals surface area contributed by atoms with Crippen LogP contribution in [0.4, 0.5) is 5.82 Å². The van der Waals surface area contributed by atoms with Crippen LogP contribution in [0, 0.1) is 0 Å². The van der Waals surface area contributed by atoms with Crippen molar-refractivity contribution in [2.24, 2.45) is 4.99 Å². The number of piperidine rings is 2. The minimum Gasteiger partial charge on any atom is -0.356 e. The van der Waals surface area contributed by atoms with Gasteiger partial charge in [-0.1, -0.05) is 18.9 Å². The third-order valence-corrected chi connectivity index (χ3v) is 5.92. The molecule has 6 nitrogen and oxygen atoms in total. The average molecular weight is 515 g/mol. The summed E-state index contributed by atoms with van der Waals surface area (Å²) < 4.78 is 0. The van der Waals surface area contributed by atoms with Crippen molar-refractivity contribution >= 4 is 35.8 Å². The highest BCUT2D eigenvalue weighted by Gasteiger charge is 2.20. The molecule has 1 aromatic heterocycles. The molecule has 164 valence electrons. The molecule has 0 aromatic carbocycles. The molecule has 7 heteroatoms. The van der Waals surface area contributed by atoms with Crippen LogP contribution in [-0.2, 0) is 0 Å². The zero-order valence-corrected chi connectivity index (χ0v) is 20.3. The molecule has 2 fully saturated rings. The lowest BCUT2D eigenvalue weighted by molar-refractivity contribution is 0.224. The van der Waals surface area contributed by atoms with E-state index in [1.807, 2.05) is 19.3 Å². The first-order valence-corrected chi connectivity index (χ1v) is 11.2. The number of rotatable bonds is 8. The van der Waals surface area contributed by atoms with Gasteiger partial charge in [0.2, 0.25) is 0 Å². The number of guanidine groups is 1. The molecule has 1 aromatic rings. The summed E-state index contributed by atoms with van der Waals surface area (Å²) in [6.07, 6.45) is 12.1. The van der Waals surface area contributed by atoms with E-state index in [4.69, 9.17) is 0 Å². The lowest BCUT2D eigenvalue weighted by atomic mass is 10.1. The smallest absolute Gasteiger partial charge is 0.191 e. The standard InChI is InChI=1S/C22H38N6.HI/c1-23-22(25-14-5-2-7-15-27-16-8-3-9-17-27)26-20-11-18-28(19-12-20)21-10-4-6-13-24-21;/h4,6,10,13,20H,2-3,5,7-9,11-12,14-19H2,1H3,(H2,23,25,26);1H. The Balaban J connectivity index is 0.00000300. The summed E-state index contributed by atoms with van der Waals surface area (Å²) in [5.41, 5.74) is 0. The van der Waals surface area contributed by atoms with Crippen LogP contribution in [0.5, 0.6) is 0 Å². The zero-order chi connectivity index (χ0) is 19.4. The lowest BCUT2D eigenvalue weighted by Crippen LogP contribution is -2.49. The van der Waals surface area contributed by atoms with Crippen LogP contribution in [0.25, 0.3) is 0 Å². The first kappa shape index (κ1) is 24.2. The summed E-state index contributed by atoms with van der Waals surface area (Å²) in [7, 11) is 1.87. The van der Waals surface area contributed by atoms with E-state index in [1.54, 1.807) is 0 Å². The highest BCUT2D eigenvalue weighted by atomic mass is 127. The van der Waals surface area contributed by atoms with Crippen molar-refractivity contribution in [2.45, 2.75) is 57.4 Å². The van der Waals surface area contributed by atoms with E-state index in [-0.39, 0.29) is 24.0 Å². The number of pyridine rings is 1. The van der Waals surface area contributed by atoms with Gasteiger partial charge in [-0.05, 0) is 70.3 Å². The number of likely N-dealkylation sites (tertiary alicyclic amines) is 1. The Morgan fingerprint density at radius 2 is 1.86 bits per heavy atom. The lowest BCUT2D eigenvalue weighted by Gasteiger charge is -2.33. The van der Waals surface area contributed by atoms with Crippen molar-refractivity contribution in [1.82, 2.24) is 20.5 Å². The molecule has 3 heterocycles. The number of aromatic nitrogens is 1. The number of hydrogen-bond acceptors (Lipinski definition) is 4. The molecule has 2 saturated heterocycles. The number of anilines is 1. The first-order valence-electron chi connectivity index (χ1n) is 11.2. The maximum atomic E-state index is 4.47. The number of aliphatic imine (C=N–C) groups is 1. The van der Waals surface area contributed by atoms with E-state index in [0.717, 1.165) is 44.3 Å². The van der Waals surface area contributed by atoms with E-state index >= 15 is 0 Å². The van der Waals surface area contributed by atoms with Gasteiger partial charge in [-0.15, -0.1) is 24.0 Å². The van der Waals surface area contributed by atoms with Gasteiger partial charge in [0.05, 0.1) is 0 Å².